The Balaban J connectivity index is 2.11. The molecule has 0 bridgehead atoms. The zero-order valence-electron chi connectivity index (χ0n) is 10.1. The van der Waals surface area contributed by atoms with Crippen LogP contribution in [0.25, 0.3) is 0 Å². The van der Waals surface area contributed by atoms with E-state index in [0.717, 1.165) is 0 Å². The summed E-state index contributed by atoms with van der Waals surface area (Å²) >= 11 is 5.78. The minimum Gasteiger partial charge on any atom is -0.312 e. The number of nitrogens with zero attached hydrogens (tertiary/aromatic N) is 1. The predicted molar refractivity (Wildman–Crippen MR) is 72.2 cm³/mol. The van der Waals surface area contributed by atoms with Crippen molar-refractivity contribution >= 4 is 29.1 Å². The highest BCUT2D eigenvalue weighted by molar-refractivity contribution is 6.30. The van der Waals surface area contributed by atoms with Gasteiger partial charge in [0.25, 0.3) is 0 Å². The van der Waals surface area contributed by atoms with Crippen molar-refractivity contribution in [2.45, 2.75) is 6.92 Å². The summed E-state index contributed by atoms with van der Waals surface area (Å²) in [6.07, 6.45) is 4.29. The maximum atomic E-state index is 11.7. The van der Waals surface area contributed by atoms with Crippen LogP contribution in [0.15, 0.2) is 53.2 Å². The molecule has 0 heterocycles. The molecule has 0 saturated heterocycles. The van der Waals surface area contributed by atoms with Gasteiger partial charge in [-0.3, -0.25) is 4.79 Å². The molecular weight excluding hydrogens is 266 g/mol. The standard InChI is InChI=1S/C14H10ClNO3/c1-9-7-12(17)5-6-13(9)16-19-14(18)10-3-2-4-11(15)8-10/h2-8H,1H3. The lowest BCUT2D eigenvalue weighted by Crippen LogP contribution is -2.08. The number of benzene rings is 1. The second kappa shape index (κ2) is 5.63. The van der Waals surface area contributed by atoms with Crippen molar-refractivity contribution in [1.82, 2.24) is 0 Å². The maximum Gasteiger partial charge on any atom is 0.365 e. The number of rotatable bonds is 2. The Hall–Kier alpha value is -2.20. The van der Waals surface area contributed by atoms with Gasteiger partial charge in [0, 0.05) is 5.02 Å². The molecule has 1 aliphatic rings. The molecule has 0 N–H and O–H groups in total. The van der Waals surface area contributed by atoms with Crippen LogP contribution in [-0.2, 0) is 9.63 Å². The number of allylic oxidation sites excluding steroid dienone is 4. The third kappa shape index (κ3) is 3.39. The van der Waals surface area contributed by atoms with Gasteiger partial charge in [-0.2, -0.15) is 0 Å². The summed E-state index contributed by atoms with van der Waals surface area (Å²) in [5.74, 6) is -0.717. The molecule has 1 aromatic rings. The molecule has 2 rings (SSSR count). The molecule has 0 spiro atoms. The van der Waals surface area contributed by atoms with Crippen molar-refractivity contribution in [3.63, 3.8) is 0 Å². The number of carbonyl (C=O) groups is 2. The Morgan fingerprint density at radius 1 is 1.32 bits per heavy atom. The van der Waals surface area contributed by atoms with Crippen LogP contribution < -0.4 is 0 Å². The first-order valence-corrected chi connectivity index (χ1v) is 5.89. The van der Waals surface area contributed by atoms with Crippen molar-refractivity contribution in [2.24, 2.45) is 5.16 Å². The van der Waals surface area contributed by atoms with Gasteiger partial charge in [-0.1, -0.05) is 22.8 Å². The van der Waals surface area contributed by atoms with E-state index in [0.29, 0.717) is 21.9 Å². The maximum absolute atomic E-state index is 11.7. The van der Waals surface area contributed by atoms with E-state index in [1.807, 2.05) is 0 Å². The first kappa shape index (κ1) is 13.2. The Morgan fingerprint density at radius 3 is 2.79 bits per heavy atom. The molecule has 0 saturated carbocycles. The Labute approximate surface area is 115 Å². The highest BCUT2D eigenvalue weighted by atomic mass is 35.5. The molecule has 5 heteroatoms. The van der Waals surface area contributed by atoms with Crippen molar-refractivity contribution in [1.29, 1.82) is 0 Å². The summed E-state index contributed by atoms with van der Waals surface area (Å²) in [5.41, 5.74) is 1.40. The minimum atomic E-state index is -0.604. The van der Waals surface area contributed by atoms with Crippen LogP contribution in [0.3, 0.4) is 0 Å². The van der Waals surface area contributed by atoms with Crippen molar-refractivity contribution in [3.05, 3.63) is 58.7 Å². The summed E-state index contributed by atoms with van der Waals surface area (Å²) in [6, 6.07) is 6.38. The topological polar surface area (TPSA) is 55.7 Å². The van der Waals surface area contributed by atoms with Crippen LogP contribution in [-0.4, -0.2) is 17.5 Å². The Morgan fingerprint density at radius 2 is 2.11 bits per heavy atom. The lowest BCUT2D eigenvalue weighted by atomic mass is 10.1. The van der Waals surface area contributed by atoms with Gasteiger partial charge in [0.2, 0.25) is 0 Å². The van der Waals surface area contributed by atoms with Crippen molar-refractivity contribution in [3.8, 4) is 0 Å². The molecule has 1 aliphatic carbocycles. The average molecular weight is 276 g/mol. The number of halogens is 1. The van der Waals surface area contributed by atoms with Gasteiger partial charge in [0.1, 0.15) is 5.71 Å². The van der Waals surface area contributed by atoms with E-state index in [4.69, 9.17) is 16.4 Å². The monoisotopic (exact) mass is 275 g/mol. The van der Waals surface area contributed by atoms with E-state index in [-0.39, 0.29) is 5.78 Å². The lowest BCUT2D eigenvalue weighted by Gasteiger charge is -2.05. The van der Waals surface area contributed by atoms with Gasteiger partial charge in [0.15, 0.2) is 5.78 Å². The summed E-state index contributed by atoms with van der Waals surface area (Å²) < 4.78 is 0. The van der Waals surface area contributed by atoms with Gasteiger partial charge in [-0.25, -0.2) is 4.79 Å². The molecule has 0 atom stereocenters. The molecule has 0 unspecified atom stereocenters. The van der Waals surface area contributed by atoms with Gasteiger partial charge in [-0.15, -0.1) is 0 Å². The smallest absolute Gasteiger partial charge is 0.312 e. The van der Waals surface area contributed by atoms with Gasteiger partial charge >= 0.3 is 5.97 Å². The zero-order chi connectivity index (χ0) is 13.8. The SMILES string of the molecule is CC1=CC(=O)C=CC1=NOC(=O)c1cccc(Cl)c1. The fourth-order valence-electron chi connectivity index (χ4n) is 1.49. The van der Waals surface area contributed by atoms with Crippen molar-refractivity contribution < 1.29 is 14.4 Å². The van der Waals surface area contributed by atoms with E-state index in [1.165, 1.54) is 24.3 Å². The summed E-state index contributed by atoms with van der Waals surface area (Å²) in [6.45, 7) is 1.72. The predicted octanol–water partition coefficient (Wildman–Crippen LogP) is 2.94. The first-order chi connectivity index (χ1) is 9.06. The highest BCUT2D eigenvalue weighted by Crippen LogP contribution is 2.12. The number of ketones is 1. The van der Waals surface area contributed by atoms with Crippen LogP contribution in [0.2, 0.25) is 5.02 Å². The van der Waals surface area contributed by atoms with E-state index in [2.05, 4.69) is 5.16 Å². The minimum absolute atomic E-state index is 0.113. The molecule has 96 valence electrons. The molecule has 0 fully saturated rings. The van der Waals surface area contributed by atoms with Crippen LogP contribution in [0.1, 0.15) is 17.3 Å². The largest absolute Gasteiger partial charge is 0.365 e. The molecule has 0 radical (unpaired) electrons. The Kier molecular flexibility index (Phi) is 3.92. The summed E-state index contributed by atoms with van der Waals surface area (Å²) in [5, 5.41) is 4.17. The molecule has 0 aliphatic heterocycles. The van der Waals surface area contributed by atoms with Crippen molar-refractivity contribution in [2.75, 3.05) is 0 Å². The molecular formula is C14H10ClNO3. The van der Waals surface area contributed by atoms with Crippen LogP contribution in [0.4, 0.5) is 0 Å². The van der Waals surface area contributed by atoms with E-state index >= 15 is 0 Å². The molecule has 1 aromatic carbocycles. The third-order valence-electron chi connectivity index (χ3n) is 2.46. The third-order valence-corrected chi connectivity index (χ3v) is 2.69. The molecule has 19 heavy (non-hydrogen) atoms. The van der Waals surface area contributed by atoms with Gasteiger partial charge in [0.05, 0.1) is 5.56 Å². The Bertz CT molecular complexity index is 629. The van der Waals surface area contributed by atoms with Crippen LogP contribution in [0, 0.1) is 0 Å². The second-order valence-electron chi connectivity index (χ2n) is 3.93. The quantitative estimate of drug-likeness (QED) is 0.474. The lowest BCUT2D eigenvalue weighted by molar-refractivity contribution is -0.110. The second-order valence-corrected chi connectivity index (χ2v) is 4.37. The number of hydrogen-bond donors (Lipinski definition) is 0. The number of carbonyl (C=O) groups excluding carboxylic acids is 2. The van der Waals surface area contributed by atoms with E-state index in [9.17, 15) is 9.59 Å². The van der Waals surface area contributed by atoms with Gasteiger partial charge < -0.3 is 4.84 Å². The molecule has 0 amide bonds. The number of hydrogen-bond acceptors (Lipinski definition) is 4. The fraction of sp³-hybridized carbons (Fsp3) is 0.0714. The van der Waals surface area contributed by atoms with Crippen LogP contribution in [0.5, 0.6) is 0 Å². The van der Waals surface area contributed by atoms with Gasteiger partial charge in [-0.05, 0) is 48.9 Å². The molecule has 4 nitrogen and oxygen atoms in total. The summed E-state index contributed by atoms with van der Waals surface area (Å²) in [7, 11) is 0. The van der Waals surface area contributed by atoms with E-state index < -0.39 is 5.97 Å². The molecule has 0 aromatic heterocycles. The summed E-state index contributed by atoms with van der Waals surface area (Å²) in [4.78, 5) is 27.6. The van der Waals surface area contributed by atoms with E-state index in [1.54, 1.807) is 25.1 Å². The zero-order valence-corrected chi connectivity index (χ0v) is 10.8. The van der Waals surface area contributed by atoms with Crippen LogP contribution >= 0.6 is 11.6 Å². The highest BCUT2D eigenvalue weighted by Gasteiger charge is 2.11. The number of oxime groups is 1. The first-order valence-electron chi connectivity index (χ1n) is 5.52. The average Bonchev–Trinajstić information content (AvgIpc) is 2.37. The normalized spacial score (nSPS) is 16.4. The fourth-order valence-corrected chi connectivity index (χ4v) is 1.68.